The summed E-state index contributed by atoms with van der Waals surface area (Å²) in [5, 5.41) is 10.6. The summed E-state index contributed by atoms with van der Waals surface area (Å²) < 4.78 is 5.48. The van der Waals surface area contributed by atoms with E-state index >= 15 is 0 Å². The van der Waals surface area contributed by atoms with Gasteiger partial charge in [-0.2, -0.15) is 0 Å². The topological polar surface area (TPSA) is 72.7 Å². The Morgan fingerprint density at radius 1 is 1.32 bits per heavy atom. The first-order valence-corrected chi connectivity index (χ1v) is 7.67. The number of benzene rings is 1. The van der Waals surface area contributed by atoms with Gasteiger partial charge in [0.1, 0.15) is 5.75 Å². The first-order valence-electron chi connectivity index (χ1n) is 7.67. The van der Waals surface area contributed by atoms with E-state index in [-0.39, 0.29) is 24.2 Å². The second-order valence-electron chi connectivity index (χ2n) is 5.87. The fourth-order valence-electron chi connectivity index (χ4n) is 2.98. The largest absolute Gasteiger partial charge is 0.484 e. The average molecular weight is 306 g/mol. The van der Waals surface area contributed by atoms with E-state index in [0.717, 1.165) is 12.8 Å². The molecule has 0 aliphatic heterocycles. The number of nitrogens with zero attached hydrogens (tertiary/aromatic N) is 2. The smallest absolute Gasteiger partial charge is 0.269 e. The number of rotatable bonds is 6. The summed E-state index contributed by atoms with van der Waals surface area (Å²) in [7, 11) is 0. The molecule has 2 rings (SSSR count). The first-order chi connectivity index (χ1) is 10.5. The maximum absolute atomic E-state index is 12.4. The Balaban J connectivity index is 1.93. The third-order valence-electron chi connectivity index (χ3n) is 3.97. The Morgan fingerprint density at radius 3 is 2.41 bits per heavy atom. The van der Waals surface area contributed by atoms with Crippen LogP contribution >= 0.6 is 0 Å². The predicted octanol–water partition coefficient (Wildman–Crippen LogP) is 3.15. The van der Waals surface area contributed by atoms with Crippen LogP contribution in [0.1, 0.15) is 39.5 Å². The minimum Gasteiger partial charge on any atom is -0.484 e. The highest BCUT2D eigenvalue weighted by Crippen LogP contribution is 2.25. The van der Waals surface area contributed by atoms with Crippen LogP contribution in [0, 0.1) is 10.1 Å². The number of ether oxygens (including phenoxy) is 1. The van der Waals surface area contributed by atoms with Gasteiger partial charge in [0.2, 0.25) is 0 Å². The summed E-state index contributed by atoms with van der Waals surface area (Å²) in [4.78, 5) is 24.5. The van der Waals surface area contributed by atoms with E-state index in [2.05, 4.69) is 0 Å². The van der Waals surface area contributed by atoms with E-state index in [1.807, 2.05) is 18.7 Å². The number of amides is 1. The van der Waals surface area contributed by atoms with Crippen LogP contribution in [0.5, 0.6) is 5.75 Å². The van der Waals surface area contributed by atoms with Gasteiger partial charge in [0.15, 0.2) is 6.61 Å². The molecule has 22 heavy (non-hydrogen) atoms. The summed E-state index contributed by atoms with van der Waals surface area (Å²) in [5.41, 5.74) is 0.00781. The normalized spacial score (nSPS) is 15.0. The maximum Gasteiger partial charge on any atom is 0.269 e. The Hall–Kier alpha value is -2.11. The molecule has 0 bridgehead atoms. The maximum atomic E-state index is 12.4. The van der Waals surface area contributed by atoms with Crippen LogP contribution in [0.25, 0.3) is 0 Å². The minimum absolute atomic E-state index is 0.00781. The molecule has 6 nitrogen and oxygen atoms in total. The molecule has 0 atom stereocenters. The number of nitro benzene ring substituents is 1. The zero-order valence-corrected chi connectivity index (χ0v) is 13.0. The van der Waals surface area contributed by atoms with E-state index in [9.17, 15) is 14.9 Å². The number of carbonyl (C=O) groups is 1. The number of hydrogen-bond acceptors (Lipinski definition) is 4. The van der Waals surface area contributed by atoms with Crippen molar-refractivity contribution >= 4 is 11.6 Å². The average Bonchev–Trinajstić information content (AvgIpc) is 2.99. The van der Waals surface area contributed by atoms with Crippen molar-refractivity contribution in [2.75, 3.05) is 6.61 Å². The summed E-state index contributed by atoms with van der Waals surface area (Å²) in [6.07, 6.45) is 4.46. The van der Waals surface area contributed by atoms with Crippen LogP contribution in [-0.4, -0.2) is 34.4 Å². The number of carbonyl (C=O) groups excluding carboxylic acids is 1. The fraction of sp³-hybridized carbons (Fsp3) is 0.562. The molecule has 0 saturated heterocycles. The van der Waals surface area contributed by atoms with Crippen molar-refractivity contribution in [2.24, 2.45) is 0 Å². The lowest BCUT2D eigenvalue weighted by Crippen LogP contribution is -2.45. The summed E-state index contributed by atoms with van der Waals surface area (Å²) in [6, 6.07) is 6.24. The SMILES string of the molecule is CC(C)N(C(=O)COc1ccc([N+](=O)[O-])cc1)C1CCCC1. The van der Waals surface area contributed by atoms with Crippen molar-refractivity contribution in [3.8, 4) is 5.75 Å². The van der Waals surface area contributed by atoms with Gasteiger partial charge in [-0.15, -0.1) is 0 Å². The van der Waals surface area contributed by atoms with Crippen molar-refractivity contribution in [1.82, 2.24) is 4.90 Å². The third kappa shape index (κ3) is 3.96. The molecule has 0 spiro atoms. The lowest BCUT2D eigenvalue weighted by atomic mass is 10.1. The molecule has 1 aromatic rings. The molecule has 1 fully saturated rings. The number of nitro groups is 1. The molecule has 1 aromatic carbocycles. The monoisotopic (exact) mass is 306 g/mol. The fourth-order valence-corrected chi connectivity index (χ4v) is 2.98. The molecule has 0 aromatic heterocycles. The summed E-state index contributed by atoms with van der Waals surface area (Å²) in [5.74, 6) is 0.439. The molecule has 1 aliphatic carbocycles. The highest BCUT2D eigenvalue weighted by atomic mass is 16.6. The van der Waals surface area contributed by atoms with E-state index in [0.29, 0.717) is 11.8 Å². The van der Waals surface area contributed by atoms with Gasteiger partial charge in [0.25, 0.3) is 11.6 Å². The summed E-state index contributed by atoms with van der Waals surface area (Å²) in [6.45, 7) is 4.00. The minimum atomic E-state index is -0.463. The van der Waals surface area contributed by atoms with Gasteiger partial charge in [0.05, 0.1) is 4.92 Å². The van der Waals surface area contributed by atoms with Crippen molar-refractivity contribution in [1.29, 1.82) is 0 Å². The van der Waals surface area contributed by atoms with E-state index < -0.39 is 4.92 Å². The predicted molar refractivity (Wildman–Crippen MR) is 82.8 cm³/mol. The molecule has 1 aliphatic rings. The lowest BCUT2D eigenvalue weighted by Gasteiger charge is -2.32. The van der Waals surface area contributed by atoms with Gasteiger partial charge in [0, 0.05) is 24.2 Å². The second kappa shape index (κ2) is 7.24. The van der Waals surface area contributed by atoms with Gasteiger partial charge in [-0.1, -0.05) is 12.8 Å². The summed E-state index contributed by atoms with van der Waals surface area (Å²) >= 11 is 0. The van der Waals surface area contributed by atoms with Crippen molar-refractivity contribution < 1.29 is 14.5 Å². The van der Waals surface area contributed by atoms with E-state index in [1.165, 1.54) is 37.1 Å². The Morgan fingerprint density at radius 2 is 1.91 bits per heavy atom. The molecule has 6 heteroatoms. The van der Waals surface area contributed by atoms with Crippen LogP contribution in [0.15, 0.2) is 24.3 Å². The molecule has 0 unspecified atom stereocenters. The van der Waals surface area contributed by atoms with Crippen LogP contribution in [0.2, 0.25) is 0 Å². The zero-order chi connectivity index (χ0) is 16.1. The Kier molecular flexibility index (Phi) is 5.35. The molecular formula is C16H22N2O4. The Bertz CT molecular complexity index is 521. The van der Waals surface area contributed by atoms with E-state index in [1.54, 1.807) is 0 Å². The highest BCUT2D eigenvalue weighted by Gasteiger charge is 2.28. The molecule has 0 radical (unpaired) electrons. The quantitative estimate of drug-likeness (QED) is 0.598. The van der Waals surface area contributed by atoms with Crippen molar-refractivity contribution in [3.05, 3.63) is 34.4 Å². The molecule has 1 saturated carbocycles. The van der Waals surface area contributed by atoms with Gasteiger partial charge >= 0.3 is 0 Å². The highest BCUT2D eigenvalue weighted by molar-refractivity contribution is 5.78. The van der Waals surface area contributed by atoms with Gasteiger partial charge in [-0.3, -0.25) is 14.9 Å². The van der Waals surface area contributed by atoms with E-state index in [4.69, 9.17) is 4.74 Å². The molecular weight excluding hydrogens is 284 g/mol. The first kappa shape index (κ1) is 16.3. The van der Waals surface area contributed by atoms with Gasteiger partial charge in [-0.05, 0) is 38.8 Å². The van der Waals surface area contributed by atoms with Crippen molar-refractivity contribution in [3.63, 3.8) is 0 Å². The lowest BCUT2D eigenvalue weighted by molar-refractivity contribution is -0.384. The van der Waals surface area contributed by atoms with Crippen LogP contribution in [0.4, 0.5) is 5.69 Å². The molecule has 1 amide bonds. The molecule has 0 N–H and O–H groups in total. The molecule has 120 valence electrons. The third-order valence-corrected chi connectivity index (χ3v) is 3.97. The van der Waals surface area contributed by atoms with Crippen LogP contribution in [-0.2, 0) is 4.79 Å². The Labute approximate surface area is 130 Å². The molecule has 0 heterocycles. The van der Waals surface area contributed by atoms with Gasteiger partial charge < -0.3 is 9.64 Å². The number of non-ortho nitro benzene ring substituents is 1. The van der Waals surface area contributed by atoms with Gasteiger partial charge in [-0.25, -0.2) is 0 Å². The second-order valence-corrected chi connectivity index (χ2v) is 5.87. The van der Waals surface area contributed by atoms with Crippen LogP contribution in [0.3, 0.4) is 0 Å². The zero-order valence-electron chi connectivity index (χ0n) is 13.0. The van der Waals surface area contributed by atoms with Crippen LogP contribution < -0.4 is 4.74 Å². The standard InChI is InChI=1S/C16H22N2O4/c1-12(2)17(13-5-3-4-6-13)16(19)11-22-15-9-7-14(8-10-15)18(20)21/h7-10,12-13H,3-6,11H2,1-2H3. The number of hydrogen-bond donors (Lipinski definition) is 0. The van der Waals surface area contributed by atoms with Crippen molar-refractivity contribution in [2.45, 2.75) is 51.6 Å².